The lowest BCUT2D eigenvalue weighted by Gasteiger charge is -2.07. The third kappa shape index (κ3) is 2.44. The smallest absolute Gasteiger partial charge is 0.308 e. The number of aliphatic carboxylic acids is 1. The van der Waals surface area contributed by atoms with Crippen molar-refractivity contribution in [2.24, 2.45) is 5.92 Å². The zero-order chi connectivity index (χ0) is 12.3. The highest BCUT2D eigenvalue weighted by molar-refractivity contribution is 5.69. The first-order chi connectivity index (χ1) is 8.18. The molecule has 0 fully saturated rings. The van der Waals surface area contributed by atoms with E-state index in [1.807, 2.05) is 6.07 Å². The molecule has 2 aromatic heterocycles. The Labute approximate surface area is 97.1 Å². The number of rotatable bonds is 4. The van der Waals surface area contributed by atoms with E-state index < -0.39 is 11.9 Å². The second-order valence-corrected chi connectivity index (χ2v) is 3.64. The number of pyridine rings is 1. The average molecular weight is 233 g/mol. The fraction of sp³-hybridized carbons (Fsp3) is 0.300. The second kappa shape index (κ2) is 4.69. The Balaban J connectivity index is 2.26. The Morgan fingerprint density at radius 3 is 3.00 bits per heavy atom. The maximum atomic E-state index is 10.8. The van der Waals surface area contributed by atoms with Crippen molar-refractivity contribution >= 4 is 5.97 Å². The van der Waals surface area contributed by atoms with E-state index >= 15 is 0 Å². The molecule has 1 N–H and O–H groups in total. The number of carboxylic acid groups (broad SMARTS) is 1. The molecule has 0 aliphatic carbocycles. The van der Waals surface area contributed by atoms with Crippen LogP contribution >= 0.6 is 0 Å². The third-order valence-electron chi connectivity index (χ3n) is 2.29. The fourth-order valence-electron chi connectivity index (χ4n) is 1.34. The summed E-state index contributed by atoms with van der Waals surface area (Å²) in [7, 11) is 0. The minimum atomic E-state index is -0.882. The van der Waals surface area contributed by atoms with Gasteiger partial charge in [-0.2, -0.15) is 0 Å². The lowest BCUT2D eigenvalue weighted by atomic mass is 10.2. The first-order valence-corrected chi connectivity index (χ1v) is 5.09. The average Bonchev–Trinajstić information content (AvgIpc) is 2.78. The van der Waals surface area contributed by atoms with Crippen LogP contribution in [0.4, 0.5) is 0 Å². The summed E-state index contributed by atoms with van der Waals surface area (Å²) >= 11 is 0. The van der Waals surface area contributed by atoms with Gasteiger partial charge in [0.25, 0.3) is 0 Å². The second-order valence-electron chi connectivity index (χ2n) is 3.64. The summed E-state index contributed by atoms with van der Waals surface area (Å²) in [5, 5.41) is 20.0. The molecule has 88 valence electrons. The van der Waals surface area contributed by atoms with E-state index in [9.17, 15) is 4.79 Å². The zero-order valence-electron chi connectivity index (χ0n) is 9.19. The number of aromatic nitrogens is 5. The normalized spacial score (nSPS) is 12.3. The molecule has 2 aromatic rings. The number of nitrogens with zero attached hydrogens (tertiary/aromatic N) is 5. The molecule has 1 atom stereocenters. The van der Waals surface area contributed by atoms with Crippen LogP contribution < -0.4 is 0 Å². The van der Waals surface area contributed by atoms with Gasteiger partial charge in [-0.25, -0.2) is 4.68 Å². The molecule has 0 bridgehead atoms. The van der Waals surface area contributed by atoms with Crippen molar-refractivity contribution in [3.05, 3.63) is 24.4 Å². The highest BCUT2D eigenvalue weighted by Gasteiger charge is 2.16. The Hall–Kier alpha value is -2.31. The van der Waals surface area contributed by atoms with E-state index in [0.717, 1.165) is 0 Å². The molecule has 0 saturated carbocycles. The first-order valence-electron chi connectivity index (χ1n) is 5.09. The monoisotopic (exact) mass is 233 g/mol. The summed E-state index contributed by atoms with van der Waals surface area (Å²) in [6.07, 6.45) is 1.63. The van der Waals surface area contributed by atoms with E-state index in [2.05, 4.69) is 20.5 Å². The van der Waals surface area contributed by atoms with E-state index in [1.54, 1.807) is 25.3 Å². The molecule has 0 aliphatic rings. The van der Waals surface area contributed by atoms with Crippen LogP contribution in [-0.2, 0) is 11.3 Å². The van der Waals surface area contributed by atoms with Gasteiger partial charge in [0.1, 0.15) is 5.69 Å². The van der Waals surface area contributed by atoms with Crippen molar-refractivity contribution in [2.45, 2.75) is 13.5 Å². The van der Waals surface area contributed by atoms with Crippen LogP contribution in [0.15, 0.2) is 24.4 Å². The molecule has 2 heterocycles. The number of hydrogen-bond acceptors (Lipinski definition) is 5. The molecule has 0 aliphatic heterocycles. The summed E-state index contributed by atoms with van der Waals surface area (Å²) in [6.45, 7) is 1.82. The highest BCUT2D eigenvalue weighted by atomic mass is 16.4. The summed E-state index contributed by atoms with van der Waals surface area (Å²) in [5.74, 6) is -0.966. The van der Waals surface area contributed by atoms with E-state index in [-0.39, 0.29) is 6.54 Å². The molecule has 0 spiro atoms. The van der Waals surface area contributed by atoms with Gasteiger partial charge in [0.15, 0.2) is 0 Å². The SMILES string of the molecule is CC(Cn1nnnc1-c1ccccn1)C(=O)O. The summed E-state index contributed by atoms with van der Waals surface area (Å²) < 4.78 is 1.45. The van der Waals surface area contributed by atoms with Gasteiger partial charge in [-0.1, -0.05) is 13.0 Å². The van der Waals surface area contributed by atoms with Crippen LogP contribution in [0.3, 0.4) is 0 Å². The molecular formula is C10H11N5O2. The predicted molar refractivity (Wildman–Crippen MR) is 57.8 cm³/mol. The first kappa shape index (κ1) is 11.2. The van der Waals surface area contributed by atoms with Crippen molar-refractivity contribution in [1.29, 1.82) is 0 Å². The van der Waals surface area contributed by atoms with Crippen LogP contribution in [0, 0.1) is 5.92 Å². The van der Waals surface area contributed by atoms with Crippen molar-refractivity contribution in [3.8, 4) is 11.5 Å². The summed E-state index contributed by atoms with van der Waals surface area (Å²) in [4.78, 5) is 14.9. The molecule has 7 heteroatoms. The molecule has 1 unspecified atom stereocenters. The zero-order valence-corrected chi connectivity index (χ0v) is 9.19. The quantitative estimate of drug-likeness (QED) is 0.824. The van der Waals surface area contributed by atoms with Gasteiger partial charge in [-0.05, 0) is 22.6 Å². The molecule has 2 rings (SSSR count). The molecule has 7 nitrogen and oxygen atoms in total. The minimum absolute atomic E-state index is 0.217. The maximum Gasteiger partial charge on any atom is 0.308 e. The maximum absolute atomic E-state index is 10.8. The Bertz CT molecular complexity index is 510. The van der Waals surface area contributed by atoms with Gasteiger partial charge in [-0.3, -0.25) is 9.78 Å². The highest BCUT2D eigenvalue weighted by Crippen LogP contribution is 2.13. The van der Waals surface area contributed by atoms with E-state index in [4.69, 9.17) is 5.11 Å². The van der Waals surface area contributed by atoms with Crippen LogP contribution in [0.1, 0.15) is 6.92 Å². The molecule has 0 amide bonds. The van der Waals surface area contributed by atoms with Crippen molar-refractivity contribution < 1.29 is 9.90 Å². The van der Waals surface area contributed by atoms with Gasteiger partial charge in [0.05, 0.1) is 12.5 Å². The summed E-state index contributed by atoms with van der Waals surface area (Å²) in [5.41, 5.74) is 0.620. The lowest BCUT2D eigenvalue weighted by Crippen LogP contribution is -2.18. The standard InChI is InChI=1S/C10H11N5O2/c1-7(10(16)17)6-15-9(12-13-14-15)8-4-2-3-5-11-8/h2-5,7H,6H2,1H3,(H,16,17). The minimum Gasteiger partial charge on any atom is -0.481 e. The Morgan fingerprint density at radius 1 is 1.53 bits per heavy atom. The van der Waals surface area contributed by atoms with E-state index in [1.165, 1.54) is 4.68 Å². The Kier molecular flexibility index (Phi) is 3.08. The molecule has 0 aromatic carbocycles. The number of carboxylic acids is 1. The van der Waals surface area contributed by atoms with Gasteiger partial charge in [0, 0.05) is 6.20 Å². The van der Waals surface area contributed by atoms with Crippen LogP contribution in [0.2, 0.25) is 0 Å². The van der Waals surface area contributed by atoms with Crippen LogP contribution in [0.25, 0.3) is 11.5 Å². The molecule has 0 saturated heterocycles. The topological polar surface area (TPSA) is 93.8 Å². The van der Waals surface area contributed by atoms with Crippen molar-refractivity contribution in [2.75, 3.05) is 0 Å². The van der Waals surface area contributed by atoms with Gasteiger partial charge in [-0.15, -0.1) is 5.10 Å². The fourth-order valence-corrected chi connectivity index (χ4v) is 1.34. The Morgan fingerprint density at radius 2 is 2.35 bits per heavy atom. The lowest BCUT2D eigenvalue weighted by molar-refractivity contribution is -0.141. The van der Waals surface area contributed by atoms with Gasteiger partial charge in [0.2, 0.25) is 5.82 Å². The molecular weight excluding hydrogens is 222 g/mol. The summed E-state index contributed by atoms with van der Waals surface area (Å²) in [6, 6.07) is 5.38. The third-order valence-corrected chi connectivity index (χ3v) is 2.29. The number of carbonyl (C=O) groups is 1. The number of tetrazole rings is 1. The van der Waals surface area contributed by atoms with Crippen LogP contribution in [0.5, 0.6) is 0 Å². The molecule has 17 heavy (non-hydrogen) atoms. The largest absolute Gasteiger partial charge is 0.481 e. The van der Waals surface area contributed by atoms with E-state index in [0.29, 0.717) is 11.5 Å². The van der Waals surface area contributed by atoms with Gasteiger partial charge < -0.3 is 5.11 Å². The van der Waals surface area contributed by atoms with Gasteiger partial charge >= 0.3 is 5.97 Å². The van der Waals surface area contributed by atoms with Crippen molar-refractivity contribution in [3.63, 3.8) is 0 Å². The molecule has 0 radical (unpaired) electrons. The van der Waals surface area contributed by atoms with Crippen LogP contribution in [-0.4, -0.2) is 36.3 Å². The predicted octanol–water partition coefficient (Wildman–Crippen LogP) is 0.456. The number of hydrogen-bond donors (Lipinski definition) is 1. The van der Waals surface area contributed by atoms with Crippen molar-refractivity contribution in [1.82, 2.24) is 25.2 Å².